The number of amides is 2. The number of anilines is 1. The van der Waals surface area contributed by atoms with Gasteiger partial charge < -0.3 is 10.6 Å². The number of benzene rings is 2. The highest BCUT2D eigenvalue weighted by Crippen LogP contribution is 2.35. The Morgan fingerprint density at radius 2 is 1.71 bits per heavy atom. The molecule has 35 heavy (non-hydrogen) atoms. The quantitative estimate of drug-likeness (QED) is 0.450. The molecule has 9 heteroatoms. The molecule has 1 heterocycles. The van der Waals surface area contributed by atoms with Crippen LogP contribution in [-0.2, 0) is 27.0 Å². The van der Waals surface area contributed by atoms with Gasteiger partial charge in [0.15, 0.2) is 11.7 Å². The van der Waals surface area contributed by atoms with Crippen LogP contribution in [0.4, 0.5) is 23.2 Å². The van der Waals surface area contributed by atoms with Gasteiger partial charge in [-0.2, -0.15) is 13.2 Å². The molecule has 2 atom stereocenters. The van der Waals surface area contributed by atoms with E-state index in [1.807, 2.05) is 12.1 Å². The van der Waals surface area contributed by atoms with Crippen LogP contribution < -0.4 is 10.6 Å². The van der Waals surface area contributed by atoms with Crippen LogP contribution in [-0.4, -0.2) is 23.1 Å². The normalized spacial score (nSPS) is 23.3. The third-order valence-corrected chi connectivity index (χ3v) is 6.88. The van der Waals surface area contributed by atoms with Gasteiger partial charge in [0, 0.05) is 12.1 Å². The summed E-state index contributed by atoms with van der Waals surface area (Å²) in [5.74, 6) is -4.97. The Kier molecular flexibility index (Phi) is 6.71. The zero-order chi connectivity index (χ0) is 25.4. The fourth-order valence-corrected chi connectivity index (χ4v) is 5.01. The van der Waals surface area contributed by atoms with E-state index in [1.165, 1.54) is 31.7 Å². The van der Waals surface area contributed by atoms with Gasteiger partial charge in [-0.3, -0.25) is 14.4 Å². The summed E-state index contributed by atoms with van der Waals surface area (Å²) >= 11 is 0. The number of ketones is 1. The summed E-state index contributed by atoms with van der Waals surface area (Å²) in [6, 6.07) is 9.73. The lowest BCUT2D eigenvalue weighted by atomic mass is 9.84. The van der Waals surface area contributed by atoms with Crippen LogP contribution in [0, 0.1) is 11.7 Å². The first-order valence-corrected chi connectivity index (χ1v) is 11.6. The Morgan fingerprint density at radius 1 is 1.06 bits per heavy atom. The van der Waals surface area contributed by atoms with Crippen molar-refractivity contribution >= 4 is 23.3 Å². The van der Waals surface area contributed by atoms with Crippen molar-refractivity contribution in [2.75, 3.05) is 5.32 Å². The highest BCUT2D eigenvalue weighted by atomic mass is 19.4. The molecule has 186 valence electrons. The van der Waals surface area contributed by atoms with Crippen LogP contribution in [0.2, 0.25) is 0 Å². The van der Waals surface area contributed by atoms with Crippen molar-refractivity contribution in [3.05, 3.63) is 65.0 Å². The van der Waals surface area contributed by atoms with Crippen molar-refractivity contribution in [3.63, 3.8) is 0 Å². The molecule has 0 aromatic heterocycles. The third kappa shape index (κ3) is 5.23. The SMILES string of the molecule is CC1(Cc2ccc(F)c(C(F)(F)F)c2)NC(=O)C(C(=O)Nc2ccc(C3CCCCC3)cc2)C1=O. The number of hydrogen-bond acceptors (Lipinski definition) is 3. The lowest BCUT2D eigenvalue weighted by Gasteiger charge is -2.23. The zero-order valence-corrected chi connectivity index (χ0v) is 19.2. The summed E-state index contributed by atoms with van der Waals surface area (Å²) in [7, 11) is 0. The molecule has 2 N–H and O–H groups in total. The second-order valence-electron chi connectivity index (χ2n) is 9.55. The number of nitrogens with one attached hydrogen (secondary N) is 2. The number of carbonyl (C=O) groups is 3. The topological polar surface area (TPSA) is 75.3 Å². The molecule has 2 fully saturated rings. The number of rotatable bonds is 5. The van der Waals surface area contributed by atoms with Gasteiger partial charge in [-0.15, -0.1) is 0 Å². The Morgan fingerprint density at radius 3 is 2.34 bits per heavy atom. The average molecular weight is 490 g/mol. The van der Waals surface area contributed by atoms with E-state index in [-0.39, 0.29) is 12.0 Å². The third-order valence-electron chi connectivity index (χ3n) is 6.88. The van der Waals surface area contributed by atoms with Crippen molar-refractivity contribution in [2.45, 2.75) is 63.1 Å². The molecule has 2 aromatic carbocycles. The fraction of sp³-hybridized carbons (Fsp3) is 0.423. The maximum Gasteiger partial charge on any atom is 0.419 e. The Hall–Kier alpha value is -3.23. The molecule has 1 aliphatic heterocycles. The van der Waals surface area contributed by atoms with E-state index in [2.05, 4.69) is 10.6 Å². The van der Waals surface area contributed by atoms with Gasteiger partial charge in [-0.1, -0.05) is 37.5 Å². The molecular formula is C26H26F4N2O3. The van der Waals surface area contributed by atoms with Gasteiger partial charge >= 0.3 is 6.18 Å². The van der Waals surface area contributed by atoms with E-state index < -0.39 is 46.6 Å². The molecule has 4 rings (SSSR count). The minimum absolute atomic E-state index is 0.00855. The molecule has 1 aliphatic carbocycles. The van der Waals surface area contributed by atoms with E-state index >= 15 is 0 Å². The first-order chi connectivity index (χ1) is 16.5. The van der Waals surface area contributed by atoms with Crippen molar-refractivity contribution in [3.8, 4) is 0 Å². The van der Waals surface area contributed by atoms with Crippen LogP contribution >= 0.6 is 0 Å². The van der Waals surface area contributed by atoms with Crippen molar-refractivity contribution in [2.24, 2.45) is 5.92 Å². The number of alkyl halides is 3. The van der Waals surface area contributed by atoms with Crippen LogP contribution in [0.3, 0.4) is 0 Å². The maximum absolute atomic E-state index is 13.6. The molecule has 2 aliphatic rings. The summed E-state index contributed by atoms with van der Waals surface area (Å²) in [6.07, 6.45) is 0.650. The molecule has 2 aromatic rings. The lowest BCUT2D eigenvalue weighted by molar-refractivity contribution is -0.140. The summed E-state index contributed by atoms with van der Waals surface area (Å²) in [5, 5.41) is 5.04. The van der Waals surface area contributed by atoms with Crippen molar-refractivity contribution < 1.29 is 31.9 Å². The summed E-state index contributed by atoms with van der Waals surface area (Å²) in [6.45, 7) is 1.34. The predicted molar refractivity (Wildman–Crippen MR) is 121 cm³/mol. The number of carbonyl (C=O) groups excluding carboxylic acids is 3. The van der Waals surface area contributed by atoms with Crippen LogP contribution in [0.5, 0.6) is 0 Å². The first-order valence-electron chi connectivity index (χ1n) is 11.6. The Labute approximate surface area is 200 Å². The van der Waals surface area contributed by atoms with E-state index in [4.69, 9.17) is 0 Å². The van der Waals surface area contributed by atoms with Gasteiger partial charge in [0.25, 0.3) is 0 Å². The predicted octanol–water partition coefficient (Wildman–Crippen LogP) is 5.15. The average Bonchev–Trinajstić information content (AvgIpc) is 3.03. The molecular weight excluding hydrogens is 464 g/mol. The summed E-state index contributed by atoms with van der Waals surface area (Å²) < 4.78 is 52.8. The second kappa shape index (κ2) is 9.43. The molecule has 5 nitrogen and oxygen atoms in total. The van der Waals surface area contributed by atoms with Gasteiger partial charge in [0.1, 0.15) is 11.4 Å². The smallest absolute Gasteiger partial charge is 0.342 e. The monoisotopic (exact) mass is 490 g/mol. The molecule has 0 bridgehead atoms. The molecule has 2 amide bonds. The van der Waals surface area contributed by atoms with Crippen LogP contribution in [0.1, 0.15) is 61.6 Å². The Bertz CT molecular complexity index is 1140. The Balaban J connectivity index is 1.45. The zero-order valence-electron chi connectivity index (χ0n) is 19.2. The van der Waals surface area contributed by atoms with E-state index in [0.29, 0.717) is 23.7 Å². The fourth-order valence-electron chi connectivity index (χ4n) is 5.01. The molecule has 0 radical (unpaired) electrons. The lowest BCUT2D eigenvalue weighted by Crippen LogP contribution is -2.45. The highest BCUT2D eigenvalue weighted by molar-refractivity contribution is 6.27. The van der Waals surface area contributed by atoms with Gasteiger partial charge in [0.2, 0.25) is 11.8 Å². The summed E-state index contributed by atoms with van der Waals surface area (Å²) in [5.41, 5.74) is -1.43. The first kappa shape index (κ1) is 24.9. The van der Waals surface area contributed by atoms with Crippen molar-refractivity contribution in [1.29, 1.82) is 0 Å². The minimum Gasteiger partial charge on any atom is -0.342 e. The summed E-state index contributed by atoms with van der Waals surface area (Å²) in [4.78, 5) is 38.4. The molecule has 0 spiro atoms. The standard InChI is InChI=1S/C26H26F4N2O3/c1-25(14-15-7-12-20(27)19(13-15)26(28,29)30)22(33)21(24(35)32-25)23(34)31-18-10-8-17(9-11-18)16-5-3-2-4-6-16/h7-13,16,21H,2-6,14H2,1H3,(H,31,34)(H,32,35). The van der Waals surface area contributed by atoms with E-state index in [1.54, 1.807) is 12.1 Å². The molecule has 1 saturated heterocycles. The van der Waals surface area contributed by atoms with Gasteiger partial charge in [-0.25, -0.2) is 4.39 Å². The van der Waals surface area contributed by atoms with Crippen LogP contribution in [0.25, 0.3) is 0 Å². The van der Waals surface area contributed by atoms with E-state index in [9.17, 15) is 31.9 Å². The van der Waals surface area contributed by atoms with E-state index in [0.717, 1.165) is 18.9 Å². The second-order valence-corrected chi connectivity index (χ2v) is 9.55. The number of Topliss-reactive ketones (excluding diaryl/α,β-unsaturated/α-hetero) is 1. The highest BCUT2D eigenvalue weighted by Gasteiger charge is 2.52. The van der Waals surface area contributed by atoms with Crippen molar-refractivity contribution in [1.82, 2.24) is 5.32 Å². The number of halogens is 4. The maximum atomic E-state index is 13.6. The van der Waals surface area contributed by atoms with Gasteiger partial charge in [0.05, 0.1) is 5.56 Å². The minimum atomic E-state index is -4.90. The van der Waals surface area contributed by atoms with Gasteiger partial charge in [-0.05, 0) is 61.1 Å². The molecule has 2 unspecified atom stereocenters. The number of hydrogen-bond donors (Lipinski definition) is 2. The largest absolute Gasteiger partial charge is 0.419 e. The molecule has 1 saturated carbocycles. The van der Waals surface area contributed by atoms with Crippen LogP contribution in [0.15, 0.2) is 42.5 Å².